The zero-order valence-corrected chi connectivity index (χ0v) is 11.6. The number of piperidine rings is 1. The second-order valence-electron chi connectivity index (χ2n) is 5.17. The summed E-state index contributed by atoms with van der Waals surface area (Å²) in [6.07, 6.45) is 2.08. The number of nitrogens with two attached hydrogens (primary N) is 1. The van der Waals surface area contributed by atoms with Crippen LogP contribution in [0.4, 0.5) is 0 Å². The molecule has 2 N–H and O–H groups in total. The van der Waals surface area contributed by atoms with Crippen molar-refractivity contribution in [1.29, 1.82) is 0 Å². The van der Waals surface area contributed by atoms with Gasteiger partial charge < -0.3 is 5.73 Å². The second kappa shape index (κ2) is 5.15. The van der Waals surface area contributed by atoms with E-state index in [0.29, 0.717) is 5.02 Å². The van der Waals surface area contributed by atoms with E-state index < -0.39 is 0 Å². The summed E-state index contributed by atoms with van der Waals surface area (Å²) in [5.74, 6) is 0. The van der Waals surface area contributed by atoms with Crippen LogP contribution in [0.5, 0.6) is 0 Å². The molecule has 0 atom stereocenters. The monoisotopic (exact) mass is 272 g/mol. The number of benzene rings is 1. The quantitative estimate of drug-likeness (QED) is 0.895. The minimum atomic E-state index is 0.000288. The van der Waals surface area contributed by atoms with Crippen LogP contribution in [0, 0.1) is 0 Å². The lowest BCUT2D eigenvalue weighted by molar-refractivity contribution is 0.165. The van der Waals surface area contributed by atoms with Crippen LogP contribution < -0.4 is 5.73 Å². The van der Waals surface area contributed by atoms with Gasteiger partial charge in [0, 0.05) is 35.2 Å². The lowest BCUT2D eigenvalue weighted by atomic mass is 9.91. The van der Waals surface area contributed by atoms with Crippen LogP contribution in [-0.2, 0) is 6.54 Å². The van der Waals surface area contributed by atoms with E-state index in [-0.39, 0.29) is 5.54 Å². The van der Waals surface area contributed by atoms with Crippen molar-refractivity contribution in [3.05, 3.63) is 33.8 Å². The van der Waals surface area contributed by atoms with E-state index in [9.17, 15) is 0 Å². The molecule has 2 rings (SSSR count). The maximum atomic E-state index is 6.17. The molecule has 1 aliphatic heterocycles. The molecule has 0 aliphatic carbocycles. The standard InChI is InChI=1S/C13H18Cl2N2/c1-13(16)4-6-17(7-5-13)9-10-2-3-11(14)8-12(10)15/h2-3,8H,4-7,9,16H2,1H3. The SMILES string of the molecule is CC1(N)CCN(Cc2ccc(Cl)cc2Cl)CC1. The van der Waals surface area contributed by atoms with Gasteiger partial charge in [0.1, 0.15) is 0 Å². The topological polar surface area (TPSA) is 29.3 Å². The summed E-state index contributed by atoms with van der Waals surface area (Å²) < 4.78 is 0. The van der Waals surface area contributed by atoms with Crippen molar-refractivity contribution < 1.29 is 0 Å². The number of rotatable bonds is 2. The van der Waals surface area contributed by atoms with E-state index >= 15 is 0 Å². The maximum Gasteiger partial charge on any atom is 0.0465 e. The average Bonchev–Trinajstić information content (AvgIpc) is 2.25. The van der Waals surface area contributed by atoms with E-state index in [2.05, 4.69) is 11.8 Å². The zero-order valence-electron chi connectivity index (χ0n) is 10.0. The van der Waals surface area contributed by atoms with Gasteiger partial charge in [-0.2, -0.15) is 0 Å². The summed E-state index contributed by atoms with van der Waals surface area (Å²) in [6, 6.07) is 5.69. The third kappa shape index (κ3) is 3.59. The minimum absolute atomic E-state index is 0.000288. The first-order valence-electron chi connectivity index (χ1n) is 5.91. The first-order chi connectivity index (χ1) is 7.96. The predicted octanol–water partition coefficient (Wildman–Crippen LogP) is 3.31. The maximum absolute atomic E-state index is 6.17. The average molecular weight is 273 g/mol. The molecule has 0 radical (unpaired) electrons. The molecule has 17 heavy (non-hydrogen) atoms. The predicted molar refractivity (Wildman–Crippen MR) is 73.6 cm³/mol. The lowest BCUT2D eigenvalue weighted by Gasteiger charge is -2.36. The highest BCUT2D eigenvalue weighted by molar-refractivity contribution is 6.35. The summed E-state index contributed by atoms with van der Waals surface area (Å²) in [5, 5.41) is 1.44. The Kier molecular flexibility index (Phi) is 3.99. The number of likely N-dealkylation sites (tertiary alicyclic amines) is 1. The van der Waals surface area contributed by atoms with Crippen LogP contribution in [0.2, 0.25) is 10.0 Å². The third-order valence-electron chi connectivity index (χ3n) is 3.41. The summed E-state index contributed by atoms with van der Waals surface area (Å²) in [4.78, 5) is 2.39. The number of nitrogens with zero attached hydrogens (tertiary/aromatic N) is 1. The van der Waals surface area contributed by atoms with Gasteiger partial charge in [0.2, 0.25) is 0 Å². The van der Waals surface area contributed by atoms with Crippen LogP contribution in [-0.4, -0.2) is 23.5 Å². The van der Waals surface area contributed by atoms with E-state index in [1.165, 1.54) is 0 Å². The molecule has 0 bridgehead atoms. The Morgan fingerprint density at radius 3 is 2.53 bits per heavy atom. The normalized spacial score (nSPS) is 20.5. The summed E-state index contributed by atoms with van der Waals surface area (Å²) in [7, 11) is 0. The largest absolute Gasteiger partial charge is 0.325 e. The van der Waals surface area contributed by atoms with Crippen molar-refractivity contribution in [1.82, 2.24) is 4.90 Å². The van der Waals surface area contributed by atoms with Gasteiger partial charge in [-0.25, -0.2) is 0 Å². The smallest absolute Gasteiger partial charge is 0.0465 e. The van der Waals surface area contributed by atoms with Gasteiger partial charge in [-0.05, 0) is 37.5 Å². The van der Waals surface area contributed by atoms with E-state index in [4.69, 9.17) is 28.9 Å². The molecule has 1 aliphatic rings. The molecule has 4 heteroatoms. The lowest BCUT2D eigenvalue weighted by Crippen LogP contribution is -2.47. The summed E-state index contributed by atoms with van der Waals surface area (Å²) in [5.41, 5.74) is 7.25. The molecule has 1 aromatic rings. The van der Waals surface area contributed by atoms with Crippen LogP contribution in [0.15, 0.2) is 18.2 Å². The highest BCUT2D eigenvalue weighted by atomic mass is 35.5. The Labute approximate surface area is 113 Å². The molecule has 1 heterocycles. The van der Waals surface area contributed by atoms with E-state index in [1.807, 2.05) is 12.1 Å². The van der Waals surface area contributed by atoms with Crippen molar-refractivity contribution in [3.63, 3.8) is 0 Å². The van der Waals surface area contributed by atoms with Crippen molar-refractivity contribution in [2.45, 2.75) is 31.8 Å². The molecule has 0 aromatic heterocycles. The summed E-state index contributed by atoms with van der Waals surface area (Å²) in [6.45, 7) is 5.07. The molecule has 1 saturated heterocycles. The molecule has 2 nitrogen and oxygen atoms in total. The summed E-state index contributed by atoms with van der Waals surface area (Å²) >= 11 is 12.1. The second-order valence-corrected chi connectivity index (χ2v) is 6.01. The fraction of sp³-hybridized carbons (Fsp3) is 0.538. The van der Waals surface area contributed by atoms with Gasteiger partial charge >= 0.3 is 0 Å². The van der Waals surface area contributed by atoms with Gasteiger partial charge in [-0.3, -0.25) is 4.90 Å². The van der Waals surface area contributed by atoms with E-state index in [1.54, 1.807) is 6.07 Å². The minimum Gasteiger partial charge on any atom is -0.325 e. The fourth-order valence-corrected chi connectivity index (χ4v) is 2.58. The Morgan fingerprint density at radius 2 is 1.94 bits per heavy atom. The molecule has 0 unspecified atom stereocenters. The molecule has 1 fully saturated rings. The highest BCUT2D eigenvalue weighted by Crippen LogP contribution is 2.25. The zero-order chi connectivity index (χ0) is 12.5. The fourth-order valence-electron chi connectivity index (χ4n) is 2.11. The Balaban J connectivity index is 1.98. The first-order valence-corrected chi connectivity index (χ1v) is 6.67. The molecule has 0 amide bonds. The van der Waals surface area contributed by atoms with Gasteiger partial charge in [0.25, 0.3) is 0 Å². The number of hydrogen-bond acceptors (Lipinski definition) is 2. The molecular weight excluding hydrogens is 255 g/mol. The molecule has 1 aromatic carbocycles. The number of halogens is 2. The van der Waals surface area contributed by atoms with Crippen LogP contribution in [0.3, 0.4) is 0 Å². The van der Waals surface area contributed by atoms with Gasteiger partial charge in [0.15, 0.2) is 0 Å². The van der Waals surface area contributed by atoms with Crippen molar-refractivity contribution >= 4 is 23.2 Å². The Hall–Kier alpha value is -0.280. The first kappa shape index (κ1) is 13.2. The molecule has 0 spiro atoms. The number of hydrogen-bond donors (Lipinski definition) is 1. The van der Waals surface area contributed by atoms with Crippen LogP contribution >= 0.6 is 23.2 Å². The Bertz CT molecular complexity index is 394. The van der Waals surface area contributed by atoms with Crippen LogP contribution in [0.1, 0.15) is 25.3 Å². The Morgan fingerprint density at radius 1 is 1.29 bits per heavy atom. The van der Waals surface area contributed by atoms with Gasteiger partial charge in [0.05, 0.1) is 0 Å². The third-order valence-corrected chi connectivity index (χ3v) is 3.99. The van der Waals surface area contributed by atoms with Crippen molar-refractivity contribution in [2.24, 2.45) is 5.73 Å². The van der Waals surface area contributed by atoms with E-state index in [0.717, 1.165) is 43.1 Å². The molecular formula is C13H18Cl2N2. The molecule has 94 valence electrons. The molecule has 0 saturated carbocycles. The van der Waals surface area contributed by atoms with Crippen molar-refractivity contribution in [2.75, 3.05) is 13.1 Å². The van der Waals surface area contributed by atoms with Crippen molar-refractivity contribution in [3.8, 4) is 0 Å². The van der Waals surface area contributed by atoms with Gasteiger partial charge in [-0.1, -0.05) is 29.3 Å². The van der Waals surface area contributed by atoms with Crippen LogP contribution in [0.25, 0.3) is 0 Å². The highest BCUT2D eigenvalue weighted by Gasteiger charge is 2.25. The van der Waals surface area contributed by atoms with Gasteiger partial charge in [-0.15, -0.1) is 0 Å².